The first kappa shape index (κ1) is 18.7. The van der Waals surface area contributed by atoms with Crippen molar-refractivity contribution in [1.82, 2.24) is 0 Å². The Morgan fingerprint density at radius 1 is 0.966 bits per heavy atom. The molecule has 0 spiro atoms. The number of ether oxygens (including phenoxy) is 1. The van der Waals surface area contributed by atoms with Gasteiger partial charge >= 0.3 is 5.97 Å². The first-order valence-corrected chi connectivity index (χ1v) is 9.28. The summed E-state index contributed by atoms with van der Waals surface area (Å²) in [4.78, 5) is 11.3. The Bertz CT molecular complexity index is 1140. The van der Waals surface area contributed by atoms with Gasteiger partial charge in [-0.15, -0.1) is 0 Å². The zero-order valence-corrected chi connectivity index (χ0v) is 15.9. The molecule has 0 bridgehead atoms. The first-order valence-electron chi connectivity index (χ1n) is 9.28. The number of carboxylic acid groups (broad SMARTS) is 1. The van der Waals surface area contributed by atoms with E-state index in [1.54, 1.807) is 6.07 Å². The number of hydrogen-bond donors (Lipinski definition) is 1. The molecule has 144 valence electrons. The average Bonchev–Trinajstić information content (AvgIpc) is 2.94. The molecule has 29 heavy (non-hydrogen) atoms. The number of benzene rings is 3. The maximum Gasteiger partial charge on any atom is 0.307 e. The van der Waals surface area contributed by atoms with E-state index in [0.717, 1.165) is 28.0 Å². The van der Waals surface area contributed by atoms with E-state index in [2.05, 4.69) is 0 Å². The third-order valence-electron chi connectivity index (χ3n) is 4.93. The Morgan fingerprint density at radius 2 is 1.72 bits per heavy atom. The van der Waals surface area contributed by atoms with E-state index in [0.29, 0.717) is 16.9 Å². The van der Waals surface area contributed by atoms with Gasteiger partial charge in [-0.2, -0.15) is 0 Å². The Hall–Kier alpha value is -3.66. The summed E-state index contributed by atoms with van der Waals surface area (Å²) in [5, 5.41) is 9.28. The molecule has 0 atom stereocenters. The fourth-order valence-corrected chi connectivity index (χ4v) is 3.59. The first-order chi connectivity index (χ1) is 14.0. The summed E-state index contributed by atoms with van der Waals surface area (Å²) in [7, 11) is 0. The summed E-state index contributed by atoms with van der Waals surface area (Å²) in [5.74, 6) is 0.141. The fraction of sp³-hybridized carbons (Fsp3) is 0.0800. The van der Waals surface area contributed by atoms with Gasteiger partial charge in [-0.05, 0) is 82.8 Å². The molecule has 3 nitrogen and oxygen atoms in total. The van der Waals surface area contributed by atoms with Crippen LogP contribution in [0.25, 0.3) is 17.2 Å². The van der Waals surface area contributed by atoms with E-state index < -0.39 is 5.97 Å². The summed E-state index contributed by atoms with van der Waals surface area (Å²) >= 11 is 0. The molecule has 0 unspecified atom stereocenters. The van der Waals surface area contributed by atoms with E-state index in [1.165, 1.54) is 12.1 Å². The van der Waals surface area contributed by atoms with Crippen molar-refractivity contribution < 1.29 is 19.0 Å². The lowest BCUT2D eigenvalue weighted by Crippen LogP contribution is -1.97. The smallest absolute Gasteiger partial charge is 0.307 e. The van der Waals surface area contributed by atoms with Crippen molar-refractivity contribution in [2.24, 2.45) is 0 Å². The lowest BCUT2D eigenvalue weighted by molar-refractivity contribution is -0.135. The minimum atomic E-state index is -0.936. The van der Waals surface area contributed by atoms with Crippen LogP contribution in [0.3, 0.4) is 0 Å². The molecule has 0 fully saturated rings. The molecular weight excluding hydrogens is 367 g/mol. The molecule has 0 amide bonds. The van der Waals surface area contributed by atoms with Crippen LogP contribution in [0.4, 0.5) is 4.39 Å². The summed E-state index contributed by atoms with van der Waals surface area (Å²) in [6.07, 6.45) is 1.84. The van der Waals surface area contributed by atoms with Crippen LogP contribution < -0.4 is 4.74 Å². The highest BCUT2D eigenvalue weighted by atomic mass is 19.1. The molecule has 0 radical (unpaired) electrons. The summed E-state index contributed by atoms with van der Waals surface area (Å²) < 4.78 is 19.7. The van der Waals surface area contributed by atoms with E-state index in [-0.39, 0.29) is 12.2 Å². The van der Waals surface area contributed by atoms with Crippen molar-refractivity contribution in [3.05, 3.63) is 101 Å². The number of hydrogen-bond acceptors (Lipinski definition) is 2. The largest absolute Gasteiger partial charge is 0.481 e. The normalized spacial score (nSPS) is 14.2. The van der Waals surface area contributed by atoms with Gasteiger partial charge in [0.2, 0.25) is 0 Å². The minimum absolute atomic E-state index is 0.142. The predicted molar refractivity (Wildman–Crippen MR) is 112 cm³/mol. The topological polar surface area (TPSA) is 46.5 Å². The maximum atomic E-state index is 13.8. The quantitative estimate of drug-likeness (QED) is 0.550. The summed E-state index contributed by atoms with van der Waals surface area (Å²) in [6, 6.07) is 21.7. The SMILES string of the molecule is CC1=C(CC(=O)O)c2cc(F)ccc2/C1=C\c1cccc(Oc2ccccc2)c1. The molecule has 3 aromatic carbocycles. The van der Waals surface area contributed by atoms with Gasteiger partial charge in [-0.25, -0.2) is 4.39 Å². The van der Waals surface area contributed by atoms with Crippen LogP contribution in [-0.4, -0.2) is 11.1 Å². The second-order valence-corrected chi connectivity index (χ2v) is 6.91. The van der Waals surface area contributed by atoms with Gasteiger partial charge < -0.3 is 9.84 Å². The Balaban J connectivity index is 1.73. The number of fused-ring (bicyclic) bond motifs is 1. The minimum Gasteiger partial charge on any atom is -0.481 e. The van der Waals surface area contributed by atoms with E-state index >= 15 is 0 Å². The Kier molecular flexibility index (Phi) is 5.00. The molecule has 1 aliphatic rings. The lowest BCUT2D eigenvalue weighted by Gasteiger charge is -2.08. The van der Waals surface area contributed by atoms with Crippen LogP contribution in [0, 0.1) is 5.82 Å². The number of halogens is 1. The van der Waals surface area contributed by atoms with Gasteiger partial charge in [0.05, 0.1) is 6.42 Å². The standard InChI is InChI=1S/C25H19FO3/c1-16-22(21-11-10-18(26)14-24(21)23(16)15-25(27)28)13-17-6-5-9-20(12-17)29-19-7-3-2-4-8-19/h2-14H,15H2,1H3,(H,27,28)/b22-13-. The average molecular weight is 386 g/mol. The molecule has 0 aromatic heterocycles. The van der Waals surface area contributed by atoms with Crippen LogP contribution in [0.5, 0.6) is 11.5 Å². The maximum absolute atomic E-state index is 13.8. The number of carboxylic acids is 1. The van der Waals surface area contributed by atoms with Gasteiger partial charge in [-0.1, -0.05) is 36.4 Å². The molecule has 0 saturated heterocycles. The summed E-state index contributed by atoms with van der Waals surface area (Å²) in [5.41, 5.74) is 4.80. The number of allylic oxidation sites excluding steroid dienone is 2. The third-order valence-corrected chi connectivity index (χ3v) is 4.93. The Morgan fingerprint density at radius 3 is 2.48 bits per heavy atom. The van der Waals surface area contributed by atoms with E-state index in [4.69, 9.17) is 4.74 Å². The molecule has 0 saturated carbocycles. The van der Waals surface area contributed by atoms with Crippen LogP contribution in [0.15, 0.2) is 78.4 Å². The highest BCUT2D eigenvalue weighted by Crippen LogP contribution is 2.44. The molecule has 3 aromatic rings. The van der Waals surface area contributed by atoms with Crippen molar-refractivity contribution in [2.75, 3.05) is 0 Å². The zero-order valence-electron chi connectivity index (χ0n) is 15.9. The van der Waals surface area contributed by atoms with Crippen LogP contribution in [0.1, 0.15) is 30.0 Å². The van der Waals surface area contributed by atoms with Crippen molar-refractivity contribution in [2.45, 2.75) is 13.3 Å². The van der Waals surface area contributed by atoms with Gasteiger partial charge in [0.15, 0.2) is 0 Å². The second kappa shape index (κ2) is 7.76. The molecule has 0 heterocycles. The third kappa shape index (κ3) is 3.97. The highest BCUT2D eigenvalue weighted by Gasteiger charge is 2.25. The van der Waals surface area contributed by atoms with Crippen LogP contribution in [0.2, 0.25) is 0 Å². The molecule has 4 heteroatoms. The van der Waals surface area contributed by atoms with Crippen LogP contribution in [-0.2, 0) is 4.79 Å². The van der Waals surface area contributed by atoms with E-state index in [1.807, 2.05) is 67.6 Å². The zero-order chi connectivity index (χ0) is 20.4. The van der Waals surface area contributed by atoms with Gasteiger partial charge in [0.1, 0.15) is 17.3 Å². The number of aliphatic carboxylic acids is 1. The lowest BCUT2D eigenvalue weighted by atomic mass is 10.0. The monoisotopic (exact) mass is 386 g/mol. The van der Waals surface area contributed by atoms with E-state index in [9.17, 15) is 14.3 Å². The fourth-order valence-electron chi connectivity index (χ4n) is 3.59. The van der Waals surface area contributed by atoms with Crippen molar-refractivity contribution >= 4 is 23.2 Å². The second-order valence-electron chi connectivity index (χ2n) is 6.91. The molecule has 4 rings (SSSR count). The number of rotatable bonds is 5. The number of carbonyl (C=O) groups is 1. The predicted octanol–water partition coefficient (Wildman–Crippen LogP) is 6.42. The summed E-state index contributed by atoms with van der Waals surface area (Å²) in [6.45, 7) is 1.88. The van der Waals surface area contributed by atoms with Crippen molar-refractivity contribution in [3.8, 4) is 11.5 Å². The highest BCUT2D eigenvalue weighted by molar-refractivity contribution is 6.07. The van der Waals surface area contributed by atoms with Gasteiger partial charge in [-0.3, -0.25) is 4.79 Å². The van der Waals surface area contributed by atoms with Crippen molar-refractivity contribution in [1.29, 1.82) is 0 Å². The molecule has 1 aliphatic carbocycles. The molecule has 1 N–H and O–H groups in total. The molecular formula is C25H19FO3. The van der Waals surface area contributed by atoms with Crippen molar-refractivity contribution in [3.63, 3.8) is 0 Å². The Labute approximate surface area is 168 Å². The van der Waals surface area contributed by atoms with Crippen LogP contribution >= 0.6 is 0 Å². The molecule has 0 aliphatic heterocycles. The van der Waals surface area contributed by atoms with Gasteiger partial charge in [0, 0.05) is 0 Å². The van der Waals surface area contributed by atoms with Gasteiger partial charge in [0.25, 0.3) is 0 Å². The number of para-hydroxylation sites is 1.